The van der Waals surface area contributed by atoms with E-state index < -0.39 is 0 Å². The van der Waals surface area contributed by atoms with Crippen LogP contribution in [-0.2, 0) is 7.05 Å². The second-order valence-corrected chi connectivity index (χ2v) is 5.13. The van der Waals surface area contributed by atoms with Crippen molar-refractivity contribution in [2.75, 3.05) is 5.32 Å². The molecule has 0 saturated heterocycles. The normalized spacial score (nSPS) is 10.4. The van der Waals surface area contributed by atoms with Gasteiger partial charge in [-0.15, -0.1) is 0 Å². The van der Waals surface area contributed by atoms with Crippen molar-refractivity contribution in [1.29, 1.82) is 0 Å². The van der Waals surface area contributed by atoms with E-state index in [1.807, 2.05) is 13.0 Å². The number of nitrogens with zero attached hydrogens (tertiary/aromatic N) is 2. The van der Waals surface area contributed by atoms with Gasteiger partial charge in [-0.3, -0.25) is 4.79 Å². The molecule has 0 radical (unpaired) electrons. The van der Waals surface area contributed by atoms with Gasteiger partial charge in [-0.25, -0.2) is 4.98 Å². The van der Waals surface area contributed by atoms with Gasteiger partial charge in [-0.1, -0.05) is 11.6 Å². The minimum atomic E-state index is -0.215. The van der Waals surface area contributed by atoms with E-state index in [1.165, 1.54) is 0 Å². The molecule has 2 aromatic heterocycles. The number of nitrogens with one attached hydrogen (secondary N) is 1. The second-order valence-electron chi connectivity index (χ2n) is 3.94. The summed E-state index contributed by atoms with van der Waals surface area (Å²) in [6, 6.07) is 3.47. The second kappa shape index (κ2) is 5.12. The van der Waals surface area contributed by atoms with Crippen molar-refractivity contribution < 1.29 is 4.79 Å². The minimum Gasteiger partial charge on any atom is -0.345 e. The number of carbonyl (C=O) groups is 1. The molecule has 0 saturated carbocycles. The van der Waals surface area contributed by atoms with E-state index in [1.54, 1.807) is 30.1 Å². The standard InChI is InChI=1S/C12H11BrClN3O/c1-7-3-9(5-15-11(7)13)16-12(18)10-4-8(14)6-17(10)2/h3-6H,1-2H3,(H,16,18). The number of hydrogen-bond donors (Lipinski definition) is 1. The van der Waals surface area contributed by atoms with Crippen LogP contribution < -0.4 is 5.32 Å². The highest BCUT2D eigenvalue weighted by molar-refractivity contribution is 9.10. The Balaban J connectivity index is 2.21. The SMILES string of the molecule is Cc1cc(NC(=O)c2cc(Cl)cn2C)cnc1Br. The van der Waals surface area contributed by atoms with Crippen molar-refractivity contribution in [3.63, 3.8) is 0 Å². The fourth-order valence-electron chi connectivity index (χ4n) is 1.57. The van der Waals surface area contributed by atoms with E-state index in [9.17, 15) is 4.79 Å². The molecule has 1 amide bonds. The molecule has 0 spiro atoms. The monoisotopic (exact) mass is 327 g/mol. The number of hydrogen-bond acceptors (Lipinski definition) is 2. The lowest BCUT2D eigenvalue weighted by Crippen LogP contribution is -2.15. The quantitative estimate of drug-likeness (QED) is 0.859. The Morgan fingerprint density at radius 2 is 2.22 bits per heavy atom. The molecule has 0 aromatic carbocycles. The topological polar surface area (TPSA) is 46.9 Å². The van der Waals surface area contributed by atoms with E-state index in [0.29, 0.717) is 16.4 Å². The van der Waals surface area contributed by atoms with Gasteiger partial charge in [0.15, 0.2) is 0 Å². The van der Waals surface area contributed by atoms with Crippen LogP contribution in [-0.4, -0.2) is 15.5 Å². The molecular weight excluding hydrogens is 318 g/mol. The van der Waals surface area contributed by atoms with Gasteiger partial charge in [0.05, 0.1) is 16.9 Å². The van der Waals surface area contributed by atoms with Crippen molar-refractivity contribution in [3.8, 4) is 0 Å². The van der Waals surface area contributed by atoms with Crippen LogP contribution in [0.5, 0.6) is 0 Å². The van der Waals surface area contributed by atoms with E-state index >= 15 is 0 Å². The summed E-state index contributed by atoms with van der Waals surface area (Å²) < 4.78 is 2.44. The molecule has 0 bridgehead atoms. The highest BCUT2D eigenvalue weighted by atomic mass is 79.9. The summed E-state index contributed by atoms with van der Waals surface area (Å²) in [5.41, 5.74) is 2.11. The molecule has 6 heteroatoms. The smallest absolute Gasteiger partial charge is 0.272 e. The number of aryl methyl sites for hydroxylation is 2. The first-order valence-electron chi connectivity index (χ1n) is 5.22. The predicted octanol–water partition coefficient (Wildman–Crippen LogP) is 3.40. The lowest BCUT2D eigenvalue weighted by Gasteiger charge is -2.07. The summed E-state index contributed by atoms with van der Waals surface area (Å²) in [4.78, 5) is 16.1. The molecule has 2 rings (SSSR count). The molecular formula is C12H11BrClN3O. The Morgan fingerprint density at radius 3 is 2.78 bits per heavy atom. The molecule has 0 fully saturated rings. The Labute approximate surface area is 118 Å². The summed E-state index contributed by atoms with van der Waals surface area (Å²) in [6.07, 6.45) is 3.28. The molecule has 94 valence electrons. The third kappa shape index (κ3) is 2.73. The lowest BCUT2D eigenvalue weighted by molar-refractivity contribution is 0.101. The van der Waals surface area contributed by atoms with Crippen LogP contribution in [0.15, 0.2) is 29.1 Å². The molecule has 2 aromatic rings. The van der Waals surface area contributed by atoms with Gasteiger partial charge in [0, 0.05) is 13.2 Å². The Hall–Kier alpha value is -1.33. The maximum absolute atomic E-state index is 12.0. The Bertz CT molecular complexity index is 609. The number of amides is 1. The van der Waals surface area contributed by atoms with E-state index in [-0.39, 0.29) is 5.91 Å². The van der Waals surface area contributed by atoms with Gasteiger partial charge in [-0.2, -0.15) is 0 Å². The Kier molecular flexibility index (Phi) is 3.73. The van der Waals surface area contributed by atoms with Crippen LogP contribution in [0.4, 0.5) is 5.69 Å². The predicted molar refractivity (Wildman–Crippen MR) is 75.1 cm³/mol. The fourth-order valence-corrected chi connectivity index (χ4v) is 2.04. The molecule has 18 heavy (non-hydrogen) atoms. The highest BCUT2D eigenvalue weighted by Gasteiger charge is 2.11. The largest absolute Gasteiger partial charge is 0.345 e. The zero-order chi connectivity index (χ0) is 13.3. The third-order valence-electron chi connectivity index (χ3n) is 2.48. The van der Waals surface area contributed by atoms with Crippen molar-refractivity contribution in [3.05, 3.63) is 45.4 Å². The zero-order valence-electron chi connectivity index (χ0n) is 9.87. The van der Waals surface area contributed by atoms with Gasteiger partial charge < -0.3 is 9.88 Å². The van der Waals surface area contributed by atoms with Crippen LogP contribution in [0, 0.1) is 6.92 Å². The fraction of sp³-hybridized carbons (Fsp3) is 0.167. The van der Waals surface area contributed by atoms with Gasteiger partial charge in [0.1, 0.15) is 10.3 Å². The van der Waals surface area contributed by atoms with Gasteiger partial charge >= 0.3 is 0 Å². The summed E-state index contributed by atoms with van der Waals surface area (Å²) in [7, 11) is 1.77. The number of aromatic nitrogens is 2. The first-order chi connectivity index (χ1) is 8.47. The van der Waals surface area contributed by atoms with Crippen molar-refractivity contribution >= 4 is 39.1 Å². The molecule has 4 nitrogen and oxygen atoms in total. The van der Waals surface area contributed by atoms with Crippen LogP contribution in [0.25, 0.3) is 0 Å². The third-order valence-corrected chi connectivity index (χ3v) is 3.51. The van der Waals surface area contributed by atoms with Crippen LogP contribution in [0.1, 0.15) is 16.1 Å². The molecule has 1 N–H and O–H groups in total. The van der Waals surface area contributed by atoms with Gasteiger partial charge in [-0.05, 0) is 40.5 Å². The summed E-state index contributed by atoms with van der Waals surface area (Å²) in [5.74, 6) is -0.215. The number of carbonyl (C=O) groups excluding carboxylic acids is 1. The van der Waals surface area contributed by atoms with Gasteiger partial charge in [0.2, 0.25) is 0 Å². The molecule has 0 atom stereocenters. The maximum atomic E-state index is 12.0. The number of anilines is 1. The molecule has 0 aliphatic carbocycles. The van der Waals surface area contributed by atoms with Crippen LogP contribution in [0.3, 0.4) is 0 Å². The molecule has 2 heterocycles. The molecule has 0 unspecified atom stereocenters. The molecule has 0 aliphatic heterocycles. The number of halogens is 2. The van der Waals surface area contributed by atoms with Gasteiger partial charge in [0.25, 0.3) is 5.91 Å². The average molecular weight is 329 g/mol. The average Bonchev–Trinajstić information content (AvgIpc) is 2.63. The summed E-state index contributed by atoms with van der Waals surface area (Å²) in [5, 5.41) is 3.31. The van der Waals surface area contributed by atoms with Crippen LogP contribution in [0.2, 0.25) is 5.02 Å². The first kappa shape index (κ1) is 13.1. The van der Waals surface area contributed by atoms with E-state index in [2.05, 4.69) is 26.2 Å². The zero-order valence-corrected chi connectivity index (χ0v) is 12.2. The summed E-state index contributed by atoms with van der Waals surface area (Å²) in [6.45, 7) is 1.91. The Morgan fingerprint density at radius 1 is 1.50 bits per heavy atom. The van der Waals surface area contributed by atoms with E-state index in [4.69, 9.17) is 11.6 Å². The lowest BCUT2D eigenvalue weighted by atomic mass is 10.3. The first-order valence-corrected chi connectivity index (χ1v) is 6.40. The number of rotatable bonds is 2. The van der Waals surface area contributed by atoms with Crippen molar-refractivity contribution in [2.45, 2.75) is 6.92 Å². The molecule has 0 aliphatic rings. The maximum Gasteiger partial charge on any atom is 0.272 e. The summed E-state index contributed by atoms with van der Waals surface area (Å²) >= 11 is 9.15. The van der Waals surface area contributed by atoms with Crippen molar-refractivity contribution in [2.24, 2.45) is 7.05 Å². The number of pyridine rings is 1. The highest BCUT2D eigenvalue weighted by Crippen LogP contribution is 2.18. The minimum absolute atomic E-state index is 0.215. The van der Waals surface area contributed by atoms with E-state index in [0.717, 1.165) is 10.2 Å². The van der Waals surface area contributed by atoms with Crippen LogP contribution >= 0.6 is 27.5 Å². The van der Waals surface area contributed by atoms with Crippen molar-refractivity contribution in [1.82, 2.24) is 9.55 Å².